The van der Waals surface area contributed by atoms with Crippen LogP contribution in [0.25, 0.3) is 0 Å². The van der Waals surface area contributed by atoms with Crippen LogP contribution in [0, 0.1) is 5.92 Å². The maximum atomic E-state index is 11.6. The van der Waals surface area contributed by atoms with E-state index < -0.39 is 17.5 Å². The van der Waals surface area contributed by atoms with E-state index in [1.54, 1.807) is 22.7 Å². The third-order valence-electron chi connectivity index (χ3n) is 4.90. The highest BCUT2D eigenvalue weighted by Crippen LogP contribution is 2.41. The summed E-state index contributed by atoms with van der Waals surface area (Å²) in [6.07, 6.45) is 1.03. The van der Waals surface area contributed by atoms with E-state index in [9.17, 15) is 5.11 Å². The van der Waals surface area contributed by atoms with Gasteiger partial charge in [0.1, 0.15) is 5.60 Å². The SMILES string of the molecule is CC(CN(C)CCc1ccccc1)C(O)(c1cccs1)c1cccs1.O=C(O)C(=O)O. The standard InChI is InChI=1S/C21H25NOS2.C2H2O4/c1-17(16-22(2)13-12-18-8-4-3-5-9-18)21(23,19-10-6-14-24-19)20-11-7-15-25-20;3-1(4)2(5)6/h3-11,14-15,17,23H,12-13,16H2,1-2H3;(H,3,4)(H,5,6). The number of aliphatic carboxylic acids is 2. The minimum absolute atomic E-state index is 0.102. The van der Waals surface area contributed by atoms with E-state index in [0.29, 0.717) is 0 Å². The number of likely N-dealkylation sites (N-methyl/N-ethyl adjacent to an activating group) is 1. The highest BCUT2D eigenvalue weighted by atomic mass is 32.1. The van der Waals surface area contributed by atoms with Gasteiger partial charge >= 0.3 is 11.9 Å². The average molecular weight is 462 g/mol. The summed E-state index contributed by atoms with van der Waals surface area (Å²) in [5.74, 6) is -3.55. The molecule has 3 N–H and O–H groups in total. The van der Waals surface area contributed by atoms with Gasteiger partial charge in [0.2, 0.25) is 0 Å². The van der Waals surface area contributed by atoms with Crippen molar-refractivity contribution in [2.75, 3.05) is 20.1 Å². The van der Waals surface area contributed by atoms with Crippen molar-refractivity contribution in [1.29, 1.82) is 0 Å². The fraction of sp³-hybridized carbons (Fsp3) is 0.304. The largest absolute Gasteiger partial charge is 0.473 e. The molecule has 8 heteroatoms. The van der Waals surface area contributed by atoms with Gasteiger partial charge in [0.05, 0.1) is 0 Å². The fourth-order valence-electron chi connectivity index (χ4n) is 3.25. The zero-order chi connectivity index (χ0) is 22.9. The van der Waals surface area contributed by atoms with Crippen LogP contribution in [-0.2, 0) is 21.6 Å². The Balaban J connectivity index is 0.000000501. The number of thiophene rings is 2. The normalized spacial score (nSPS) is 12.1. The number of carbonyl (C=O) groups is 2. The van der Waals surface area contributed by atoms with Crippen molar-refractivity contribution in [3.8, 4) is 0 Å². The van der Waals surface area contributed by atoms with E-state index in [1.807, 2.05) is 35.0 Å². The summed E-state index contributed by atoms with van der Waals surface area (Å²) < 4.78 is 0. The molecule has 1 aromatic carbocycles. The molecule has 2 heterocycles. The molecule has 31 heavy (non-hydrogen) atoms. The number of carboxylic acids is 2. The summed E-state index contributed by atoms with van der Waals surface area (Å²) in [4.78, 5) is 22.6. The van der Waals surface area contributed by atoms with E-state index in [0.717, 1.165) is 29.3 Å². The second kappa shape index (κ2) is 11.8. The second-order valence-electron chi connectivity index (χ2n) is 7.23. The third kappa shape index (κ3) is 7.00. The van der Waals surface area contributed by atoms with Gasteiger partial charge in [-0.3, -0.25) is 0 Å². The summed E-state index contributed by atoms with van der Waals surface area (Å²) in [6.45, 7) is 3.98. The molecule has 1 atom stereocenters. The lowest BCUT2D eigenvalue weighted by Crippen LogP contribution is -2.40. The maximum Gasteiger partial charge on any atom is 0.414 e. The zero-order valence-electron chi connectivity index (χ0n) is 17.5. The van der Waals surface area contributed by atoms with E-state index in [4.69, 9.17) is 19.8 Å². The molecule has 1 unspecified atom stereocenters. The van der Waals surface area contributed by atoms with Crippen molar-refractivity contribution < 1.29 is 24.9 Å². The quantitative estimate of drug-likeness (QED) is 0.439. The van der Waals surface area contributed by atoms with Crippen molar-refractivity contribution >= 4 is 34.6 Å². The molecule has 0 saturated heterocycles. The Morgan fingerprint density at radius 2 is 1.45 bits per heavy atom. The van der Waals surface area contributed by atoms with Crippen molar-refractivity contribution in [3.05, 3.63) is 80.7 Å². The summed E-state index contributed by atoms with van der Waals surface area (Å²) >= 11 is 3.26. The molecule has 0 aliphatic rings. The molecule has 0 bridgehead atoms. The van der Waals surface area contributed by atoms with Crippen molar-refractivity contribution in [2.24, 2.45) is 5.92 Å². The Hall–Kier alpha value is -2.52. The van der Waals surface area contributed by atoms with Gasteiger partial charge in [0, 0.05) is 28.8 Å². The maximum absolute atomic E-state index is 11.6. The van der Waals surface area contributed by atoms with Crippen molar-refractivity contribution in [1.82, 2.24) is 4.90 Å². The summed E-state index contributed by atoms with van der Waals surface area (Å²) in [7, 11) is 2.14. The smallest absolute Gasteiger partial charge is 0.414 e. The Kier molecular flexibility index (Phi) is 9.39. The molecule has 2 aromatic heterocycles. The first-order valence-corrected chi connectivity index (χ1v) is 11.5. The van der Waals surface area contributed by atoms with Gasteiger partial charge in [-0.05, 0) is 41.9 Å². The first-order valence-electron chi connectivity index (χ1n) is 9.74. The molecule has 3 rings (SSSR count). The number of aliphatic hydroxyl groups is 1. The topological polar surface area (TPSA) is 98.1 Å². The minimum atomic E-state index is -1.82. The number of hydrogen-bond acceptors (Lipinski definition) is 6. The first kappa shape index (κ1) is 24.7. The molecule has 0 aliphatic heterocycles. The molecule has 0 radical (unpaired) electrons. The van der Waals surface area contributed by atoms with Gasteiger partial charge in [-0.15, -0.1) is 22.7 Å². The van der Waals surface area contributed by atoms with E-state index in [-0.39, 0.29) is 5.92 Å². The number of nitrogens with zero attached hydrogens (tertiary/aromatic N) is 1. The summed E-state index contributed by atoms with van der Waals surface area (Å²) in [6, 6.07) is 18.7. The lowest BCUT2D eigenvalue weighted by atomic mass is 9.85. The minimum Gasteiger partial charge on any atom is -0.473 e. The van der Waals surface area contributed by atoms with Crippen LogP contribution in [0.2, 0.25) is 0 Å². The molecule has 0 spiro atoms. The summed E-state index contributed by atoms with van der Waals surface area (Å²) in [5.41, 5.74) is 0.442. The molecule has 0 amide bonds. The molecular formula is C23H27NO5S2. The monoisotopic (exact) mass is 461 g/mol. The molecule has 0 saturated carbocycles. The van der Waals surface area contributed by atoms with E-state index in [2.05, 4.69) is 49.2 Å². The highest BCUT2D eigenvalue weighted by Gasteiger charge is 2.39. The molecular weight excluding hydrogens is 434 g/mol. The van der Waals surface area contributed by atoms with E-state index in [1.165, 1.54) is 5.56 Å². The zero-order valence-corrected chi connectivity index (χ0v) is 19.1. The van der Waals surface area contributed by atoms with Crippen LogP contribution in [0.5, 0.6) is 0 Å². The number of hydrogen-bond donors (Lipinski definition) is 3. The van der Waals surface area contributed by atoms with Gasteiger partial charge in [-0.2, -0.15) is 0 Å². The van der Waals surface area contributed by atoms with Gasteiger partial charge < -0.3 is 20.2 Å². The second-order valence-corrected chi connectivity index (χ2v) is 9.13. The van der Waals surface area contributed by atoms with Gasteiger partial charge in [-0.25, -0.2) is 9.59 Å². The van der Waals surface area contributed by atoms with Crippen LogP contribution >= 0.6 is 22.7 Å². The lowest BCUT2D eigenvalue weighted by molar-refractivity contribution is -0.159. The van der Waals surface area contributed by atoms with Crippen molar-refractivity contribution in [2.45, 2.75) is 18.9 Å². The third-order valence-corrected chi connectivity index (χ3v) is 6.89. The van der Waals surface area contributed by atoms with Crippen LogP contribution in [0.4, 0.5) is 0 Å². The Morgan fingerprint density at radius 3 is 1.87 bits per heavy atom. The van der Waals surface area contributed by atoms with E-state index >= 15 is 0 Å². The predicted molar refractivity (Wildman–Crippen MR) is 124 cm³/mol. The molecule has 3 aromatic rings. The number of rotatable bonds is 8. The number of benzene rings is 1. The van der Waals surface area contributed by atoms with Crippen molar-refractivity contribution in [3.63, 3.8) is 0 Å². The predicted octanol–water partition coefficient (Wildman–Crippen LogP) is 4.01. The van der Waals surface area contributed by atoms with Crippen LogP contribution < -0.4 is 0 Å². The molecule has 6 nitrogen and oxygen atoms in total. The van der Waals surface area contributed by atoms with Crippen LogP contribution in [0.15, 0.2) is 65.4 Å². The molecule has 166 valence electrons. The Labute approximate surface area is 190 Å². The average Bonchev–Trinajstić information content (AvgIpc) is 3.47. The Bertz CT molecular complexity index is 880. The molecule has 0 fully saturated rings. The Morgan fingerprint density at radius 1 is 0.935 bits per heavy atom. The highest BCUT2D eigenvalue weighted by molar-refractivity contribution is 7.11. The molecule has 0 aliphatic carbocycles. The van der Waals surface area contributed by atoms with Gasteiger partial charge in [0.15, 0.2) is 0 Å². The van der Waals surface area contributed by atoms with Crippen LogP contribution in [-0.4, -0.2) is 52.3 Å². The van der Waals surface area contributed by atoms with Gasteiger partial charge in [0.25, 0.3) is 0 Å². The summed E-state index contributed by atoms with van der Waals surface area (Å²) in [5, 5.41) is 30.5. The fourth-order valence-corrected chi connectivity index (χ4v) is 5.22. The van der Waals surface area contributed by atoms with Crippen LogP contribution in [0.3, 0.4) is 0 Å². The number of carboxylic acid groups (broad SMARTS) is 2. The first-order chi connectivity index (χ1) is 14.7. The lowest BCUT2D eigenvalue weighted by Gasteiger charge is -2.35. The van der Waals surface area contributed by atoms with Crippen LogP contribution in [0.1, 0.15) is 22.2 Å². The van der Waals surface area contributed by atoms with Gasteiger partial charge in [-0.1, -0.05) is 49.4 Å².